The minimum Gasteiger partial charge on any atom is -0.497 e. The Bertz CT molecular complexity index is 1380. The normalized spacial score (nSPS) is 15.2. The molecule has 0 aliphatic carbocycles. The molecular formula is C29H30N2O3S. The number of nitrogens with zero attached hydrogens (tertiary/aromatic N) is 2. The summed E-state index contributed by atoms with van der Waals surface area (Å²) in [5.74, 6) is 0.634. The van der Waals surface area contributed by atoms with E-state index in [1.807, 2.05) is 48.5 Å². The van der Waals surface area contributed by atoms with Crippen LogP contribution >= 0.6 is 0 Å². The van der Waals surface area contributed by atoms with Gasteiger partial charge in [0, 0.05) is 31.1 Å². The van der Waals surface area contributed by atoms with Gasteiger partial charge in [0.1, 0.15) is 5.75 Å². The predicted octanol–water partition coefficient (Wildman–Crippen LogP) is 5.71. The van der Waals surface area contributed by atoms with Crippen LogP contribution in [0.3, 0.4) is 0 Å². The zero-order valence-electron chi connectivity index (χ0n) is 19.9. The minimum atomic E-state index is -3.79. The van der Waals surface area contributed by atoms with Gasteiger partial charge in [-0.1, -0.05) is 66.7 Å². The highest BCUT2D eigenvalue weighted by atomic mass is 32.2. The van der Waals surface area contributed by atoms with Crippen molar-refractivity contribution in [1.29, 1.82) is 0 Å². The molecule has 0 N–H and O–H groups in total. The third kappa shape index (κ3) is 4.90. The number of piperidine rings is 1. The maximum atomic E-state index is 14.1. The fourth-order valence-corrected chi connectivity index (χ4v) is 6.67. The first-order valence-electron chi connectivity index (χ1n) is 12.0. The Morgan fingerprint density at radius 3 is 2.20 bits per heavy atom. The Balaban J connectivity index is 1.49. The molecule has 0 saturated carbocycles. The van der Waals surface area contributed by atoms with E-state index in [4.69, 9.17) is 4.74 Å². The second-order valence-corrected chi connectivity index (χ2v) is 10.8. The highest BCUT2D eigenvalue weighted by molar-refractivity contribution is 7.92. The Hall–Kier alpha value is -3.35. The maximum Gasteiger partial charge on any atom is 0.264 e. The van der Waals surface area contributed by atoms with Crippen LogP contribution in [0.2, 0.25) is 0 Å². The lowest BCUT2D eigenvalue weighted by atomic mass is 10.0. The van der Waals surface area contributed by atoms with E-state index >= 15 is 0 Å². The fraction of sp³-hybridized carbons (Fsp3) is 0.241. The highest BCUT2D eigenvalue weighted by Gasteiger charge is 2.35. The van der Waals surface area contributed by atoms with E-state index in [2.05, 4.69) is 29.2 Å². The number of rotatable bonds is 7. The van der Waals surface area contributed by atoms with Crippen LogP contribution in [0.5, 0.6) is 5.75 Å². The Morgan fingerprint density at radius 1 is 0.829 bits per heavy atom. The molecule has 0 amide bonds. The standard InChI is InChI=1S/C29H30N2O3S/c1-34-26-14-16-27(17-15-26)35(32,33)31(29-13-7-11-24-10-5-6-12-28(24)29)25-18-20-30(21-19-25)22-23-8-3-2-4-9-23/h2-17,25H,18-22H2,1H3. The molecule has 0 bridgehead atoms. The van der Waals surface area contributed by atoms with Gasteiger partial charge < -0.3 is 4.74 Å². The number of methoxy groups -OCH3 is 1. The Labute approximate surface area is 207 Å². The number of hydrogen-bond acceptors (Lipinski definition) is 4. The monoisotopic (exact) mass is 486 g/mol. The first-order valence-corrected chi connectivity index (χ1v) is 13.4. The van der Waals surface area contributed by atoms with Crippen molar-refractivity contribution in [2.45, 2.75) is 30.3 Å². The number of hydrogen-bond donors (Lipinski definition) is 0. The molecule has 180 valence electrons. The summed E-state index contributed by atoms with van der Waals surface area (Å²) in [5, 5.41) is 1.97. The van der Waals surface area contributed by atoms with Gasteiger partial charge in [-0.05, 0) is 54.1 Å². The lowest BCUT2D eigenvalue weighted by Gasteiger charge is -2.39. The zero-order valence-corrected chi connectivity index (χ0v) is 20.7. The van der Waals surface area contributed by atoms with E-state index in [0.717, 1.165) is 48.9 Å². The molecule has 1 aliphatic rings. The lowest BCUT2D eigenvalue weighted by molar-refractivity contribution is 0.206. The van der Waals surface area contributed by atoms with E-state index in [0.29, 0.717) is 5.75 Å². The van der Waals surface area contributed by atoms with E-state index < -0.39 is 10.0 Å². The van der Waals surface area contributed by atoms with Crippen LogP contribution in [-0.2, 0) is 16.6 Å². The lowest BCUT2D eigenvalue weighted by Crippen LogP contribution is -2.47. The van der Waals surface area contributed by atoms with Crippen molar-refractivity contribution in [1.82, 2.24) is 4.90 Å². The third-order valence-electron chi connectivity index (χ3n) is 6.76. The molecular weight excluding hydrogens is 456 g/mol. The summed E-state index contributed by atoms with van der Waals surface area (Å²) in [4.78, 5) is 2.69. The van der Waals surface area contributed by atoms with Crippen LogP contribution < -0.4 is 9.04 Å². The summed E-state index contributed by atoms with van der Waals surface area (Å²) in [7, 11) is -2.21. The van der Waals surface area contributed by atoms with Crippen LogP contribution in [-0.4, -0.2) is 39.6 Å². The number of anilines is 1. The number of sulfonamides is 1. The summed E-state index contributed by atoms with van der Waals surface area (Å²) in [6.45, 7) is 2.57. The van der Waals surface area contributed by atoms with Gasteiger partial charge in [0.2, 0.25) is 0 Å². The summed E-state index contributed by atoms with van der Waals surface area (Å²) in [5.41, 5.74) is 2.02. The van der Waals surface area contributed by atoms with Crippen LogP contribution in [0.15, 0.2) is 102 Å². The van der Waals surface area contributed by atoms with Gasteiger partial charge in [0.25, 0.3) is 10.0 Å². The van der Waals surface area contributed by atoms with Gasteiger partial charge in [-0.2, -0.15) is 0 Å². The van der Waals surface area contributed by atoms with Crippen LogP contribution in [0.4, 0.5) is 5.69 Å². The van der Waals surface area contributed by atoms with Gasteiger partial charge >= 0.3 is 0 Å². The zero-order chi connectivity index (χ0) is 24.3. The quantitative estimate of drug-likeness (QED) is 0.336. The smallest absolute Gasteiger partial charge is 0.264 e. The molecule has 5 rings (SSSR count). The molecule has 0 radical (unpaired) electrons. The number of fused-ring (bicyclic) bond motifs is 1. The van der Waals surface area contributed by atoms with Crippen molar-refractivity contribution in [3.05, 3.63) is 103 Å². The van der Waals surface area contributed by atoms with E-state index in [-0.39, 0.29) is 10.9 Å². The van der Waals surface area contributed by atoms with Crippen molar-refractivity contribution in [2.24, 2.45) is 0 Å². The highest BCUT2D eigenvalue weighted by Crippen LogP contribution is 2.36. The summed E-state index contributed by atoms with van der Waals surface area (Å²) in [6, 6.07) is 30.9. The van der Waals surface area contributed by atoms with Crippen LogP contribution in [0.25, 0.3) is 10.8 Å². The molecule has 0 spiro atoms. The van der Waals surface area contributed by atoms with Gasteiger partial charge in [0.15, 0.2) is 0 Å². The SMILES string of the molecule is COc1ccc(S(=O)(=O)N(c2cccc3ccccc23)C2CCN(Cc3ccccc3)CC2)cc1. The van der Waals surface area contributed by atoms with Gasteiger partial charge in [0.05, 0.1) is 17.7 Å². The van der Waals surface area contributed by atoms with Gasteiger partial charge in [-0.15, -0.1) is 0 Å². The number of likely N-dealkylation sites (tertiary alicyclic amines) is 1. The number of benzene rings is 4. The van der Waals surface area contributed by atoms with Crippen molar-refractivity contribution in [3.8, 4) is 5.75 Å². The van der Waals surface area contributed by atoms with Gasteiger partial charge in [-0.25, -0.2) is 8.42 Å². The summed E-state index contributed by atoms with van der Waals surface area (Å²) < 4.78 is 35.2. The Morgan fingerprint density at radius 2 is 1.49 bits per heavy atom. The molecule has 5 nitrogen and oxygen atoms in total. The molecule has 1 heterocycles. The van der Waals surface area contributed by atoms with Crippen molar-refractivity contribution in [3.63, 3.8) is 0 Å². The molecule has 6 heteroatoms. The topological polar surface area (TPSA) is 49.9 Å². The largest absolute Gasteiger partial charge is 0.497 e. The average Bonchev–Trinajstić information content (AvgIpc) is 2.90. The predicted molar refractivity (Wildman–Crippen MR) is 141 cm³/mol. The number of ether oxygens (including phenoxy) is 1. The summed E-state index contributed by atoms with van der Waals surface area (Å²) >= 11 is 0. The fourth-order valence-electron chi connectivity index (χ4n) is 4.94. The van der Waals surface area contributed by atoms with Crippen molar-refractivity contribution >= 4 is 26.5 Å². The van der Waals surface area contributed by atoms with Crippen LogP contribution in [0, 0.1) is 0 Å². The molecule has 1 fully saturated rings. The second kappa shape index (κ2) is 10.1. The molecule has 4 aromatic carbocycles. The Kier molecular flexibility index (Phi) is 6.75. The third-order valence-corrected chi connectivity index (χ3v) is 8.64. The minimum absolute atomic E-state index is 0.125. The first kappa shape index (κ1) is 23.4. The van der Waals surface area contributed by atoms with E-state index in [1.165, 1.54) is 5.56 Å². The van der Waals surface area contributed by atoms with E-state index in [9.17, 15) is 8.42 Å². The molecule has 0 aromatic heterocycles. The second-order valence-electron chi connectivity index (χ2n) is 8.97. The van der Waals surface area contributed by atoms with Crippen molar-refractivity contribution < 1.29 is 13.2 Å². The van der Waals surface area contributed by atoms with E-state index in [1.54, 1.807) is 35.7 Å². The summed E-state index contributed by atoms with van der Waals surface area (Å²) in [6.07, 6.45) is 1.54. The molecule has 35 heavy (non-hydrogen) atoms. The van der Waals surface area contributed by atoms with Crippen LogP contribution in [0.1, 0.15) is 18.4 Å². The molecule has 4 aromatic rings. The van der Waals surface area contributed by atoms with Gasteiger partial charge in [-0.3, -0.25) is 9.21 Å². The molecule has 1 aliphatic heterocycles. The average molecular weight is 487 g/mol. The maximum absolute atomic E-state index is 14.1. The first-order chi connectivity index (χ1) is 17.1. The molecule has 1 saturated heterocycles. The van der Waals surface area contributed by atoms with Crippen molar-refractivity contribution in [2.75, 3.05) is 24.5 Å². The molecule has 0 unspecified atom stereocenters. The molecule has 0 atom stereocenters.